The second-order valence-corrected chi connectivity index (χ2v) is 7.38. The Hall–Kier alpha value is -0.400. The summed E-state index contributed by atoms with van der Waals surface area (Å²) in [5, 5.41) is 9.48. The van der Waals surface area contributed by atoms with E-state index < -0.39 is 27.2 Å². The molecule has 1 spiro atoms. The summed E-state index contributed by atoms with van der Waals surface area (Å²) in [6, 6.07) is 0. The van der Waals surface area contributed by atoms with E-state index in [0.29, 0.717) is 12.2 Å². The summed E-state index contributed by atoms with van der Waals surface area (Å²) < 4.78 is 9.27. The quantitative estimate of drug-likeness (QED) is 0.611. The van der Waals surface area contributed by atoms with Gasteiger partial charge < -0.3 is 14.6 Å². The van der Waals surface area contributed by atoms with Crippen LogP contribution in [-0.4, -0.2) is 32.7 Å². The topological polar surface area (TPSA) is 72.8 Å². The molecule has 0 saturated carbocycles. The monoisotopic (exact) mass is 292 g/mol. The highest BCUT2D eigenvalue weighted by Crippen LogP contribution is 2.54. The van der Waals surface area contributed by atoms with Crippen LogP contribution < -0.4 is 0 Å². The van der Waals surface area contributed by atoms with Gasteiger partial charge in [0.15, 0.2) is 5.41 Å². The predicted molar refractivity (Wildman–Crippen MR) is 68.5 cm³/mol. The minimum Gasteiger partial charge on any atom is -0.403 e. The molecule has 2 heterocycles. The lowest BCUT2D eigenvalue weighted by Crippen LogP contribution is -2.55. The summed E-state index contributed by atoms with van der Waals surface area (Å²) in [7, 11) is 0. The maximum absolute atomic E-state index is 12.2. The normalized spacial score (nSPS) is 40.2. The van der Waals surface area contributed by atoms with Gasteiger partial charge in [-0.3, -0.25) is 9.59 Å². The SMILES string of the molecule is CCC1(C(C)C)C(=O)OC2(OC1=O)SCC(O)S2. The second kappa shape index (κ2) is 4.61. The standard InChI is InChI=1S/C11H16O5S2/c1-4-10(6(2)3)8(13)15-11(16-9(10)14)17-5-7(12)18-11/h6-7,12H,4-5H2,1-3H3. The third-order valence-electron chi connectivity index (χ3n) is 3.39. The lowest BCUT2D eigenvalue weighted by Gasteiger charge is -2.41. The molecule has 1 atom stereocenters. The molecule has 0 bridgehead atoms. The Balaban J connectivity index is 2.28. The zero-order chi connectivity index (χ0) is 13.6. The summed E-state index contributed by atoms with van der Waals surface area (Å²) in [5.41, 5.74) is -1.91. The zero-order valence-corrected chi connectivity index (χ0v) is 12.1. The fourth-order valence-electron chi connectivity index (χ4n) is 2.20. The Labute approximate surface area is 114 Å². The number of hydrogen-bond acceptors (Lipinski definition) is 7. The van der Waals surface area contributed by atoms with Crippen molar-refractivity contribution in [3.8, 4) is 0 Å². The van der Waals surface area contributed by atoms with Gasteiger partial charge in [0.1, 0.15) is 5.44 Å². The third kappa shape index (κ3) is 1.92. The van der Waals surface area contributed by atoms with Crippen molar-refractivity contribution in [1.82, 2.24) is 0 Å². The van der Waals surface area contributed by atoms with Crippen molar-refractivity contribution in [1.29, 1.82) is 0 Å². The summed E-state index contributed by atoms with van der Waals surface area (Å²) in [6.45, 7) is 5.37. The molecule has 7 heteroatoms. The Kier molecular flexibility index (Phi) is 3.59. The number of hydrogen-bond donors (Lipinski definition) is 1. The Morgan fingerprint density at radius 2 is 1.94 bits per heavy atom. The van der Waals surface area contributed by atoms with Crippen LogP contribution in [0.1, 0.15) is 27.2 Å². The number of carbonyl (C=O) groups excluding carboxylic acids is 2. The summed E-state index contributed by atoms with van der Waals surface area (Å²) in [6.07, 6.45) is 0.344. The molecule has 2 aliphatic heterocycles. The summed E-state index contributed by atoms with van der Waals surface area (Å²) >= 11 is 2.08. The predicted octanol–water partition coefficient (Wildman–Crippen LogP) is 1.55. The van der Waals surface area contributed by atoms with Crippen molar-refractivity contribution in [3.63, 3.8) is 0 Å². The van der Waals surface area contributed by atoms with Crippen LogP contribution in [0.15, 0.2) is 0 Å². The van der Waals surface area contributed by atoms with Gasteiger partial charge in [-0.05, 0) is 24.1 Å². The smallest absolute Gasteiger partial charge is 0.361 e. The van der Waals surface area contributed by atoms with Crippen molar-refractivity contribution in [2.45, 2.75) is 37.1 Å². The van der Waals surface area contributed by atoms with E-state index in [4.69, 9.17) is 9.47 Å². The van der Waals surface area contributed by atoms with E-state index in [1.165, 1.54) is 0 Å². The van der Waals surface area contributed by atoms with Crippen LogP contribution >= 0.6 is 23.5 Å². The van der Waals surface area contributed by atoms with Gasteiger partial charge in [-0.15, -0.1) is 0 Å². The highest BCUT2D eigenvalue weighted by Gasteiger charge is 2.62. The fraction of sp³-hybridized carbons (Fsp3) is 0.818. The van der Waals surface area contributed by atoms with E-state index in [0.717, 1.165) is 23.5 Å². The highest BCUT2D eigenvalue weighted by atomic mass is 32.2. The number of carbonyl (C=O) groups is 2. The first-order chi connectivity index (χ1) is 8.36. The first kappa shape index (κ1) is 14.0. The molecule has 5 nitrogen and oxygen atoms in total. The minimum atomic E-state index is -1.39. The van der Waals surface area contributed by atoms with E-state index in [2.05, 4.69) is 0 Å². The van der Waals surface area contributed by atoms with Gasteiger partial charge in [0, 0.05) is 5.75 Å². The average molecular weight is 292 g/mol. The van der Waals surface area contributed by atoms with Crippen molar-refractivity contribution in [3.05, 3.63) is 0 Å². The molecule has 0 aromatic heterocycles. The molecule has 0 amide bonds. The van der Waals surface area contributed by atoms with E-state index in [-0.39, 0.29) is 5.92 Å². The van der Waals surface area contributed by atoms with E-state index in [1.807, 2.05) is 0 Å². The molecule has 0 aliphatic carbocycles. The molecular weight excluding hydrogens is 276 g/mol. The third-order valence-corrected chi connectivity index (χ3v) is 6.14. The number of aliphatic hydroxyl groups excluding tert-OH is 1. The van der Waals surface area contributed by atoms with Crippen molar-refractivity contribution < 1.29 is 24.2 Å². The van der Waals surface area contributed by atoms with Gasteiger partial charge in [0.2, 0.25) is 0 Å². The van der Waals surface area contributed by atoms with Gasteiger partial charge in [-0.1, -0.05) is 32.5 Å². The Morgan fingerprint density at radius 1 is 1.39 bits per heavy atom. The molecule has 0 aromatic rings. The summed E-state index contributed by atoms with van der Waals surface area (Å²) in [5.74, 6) is -0.927. The van der Waals surface area contributed by atoms with Crippen LogP contribution in [0.25, 0.3) is 0 Å². The number of esters is 2. The maximum atomic E-state index is 12.2. The first-order valence-corrected chi connectivity index (χ1v) is 7.69. The Bertz CT molecular complexity index is 364. The second-order valence-electron chi connectivity index (χ2n) is 4.64. The van der Waals surface area contributed by atoms with Crippen LogP contribution in [0.2, 0.25) is 0 Å². The van der Waals surface area contributed by atoms with Crippen molar-refractivity contribution >= 4 is 35.5 Å². The molecule has 2 fully saturated rings. The van der Waals surface area contributed by atoms with E-state index in [1.54, 1.807) is 20.8 Å². The van der Waals surface area contributed by atoms with Crippen molar-refractivity contribution in [2.75, 3.05) is 5.75 Å². The van der Waals surface area contributed by atoms with Gasteiger partial charge in [-0.2, -0.15) is 0 Å². The largest absolute Gasteiger partial charge is 0.403 e. The maximum Gasteiger partial charge on any atom is 0.361 e. The van der Waals surface area contributed by atoms with Crippen LogP contribution in [-0.2, 0) is 19.1 Å². The van der Waals surface area contributed by atoms with Crippen LogP contribution in [0.4, 0.5) is 0 Å². The molecule has 0 aromatic carbocycles. The molecule has 1 unspecified atom stereocenters. The molecule has 1 N–H and O–H groups in total. The summed E-state index contributed by atoms with van der Waals surface area (Å²) in [4.78, 5) is 24.5. The van der Waals surface area contributed by atoms with Gasteiger partial charge >= 0.3 is 16.4 Å². The molecule has 2 saturated heterocycles. The molecular formula is C11H16O5S2. The average Bonchev–Trinajstić information content (AvgIpc) is 2.59. The lowest BCUT2D eigenvalue weighted by molar-refractivity contribution is -0.218. The van der Waals surface area contributed by atoms with Gasteiger partial charge in [-0.25, -0.2) is 0 Å². The number of ether oxygens (including phenoxy) is 2. The number of thioether (sulfide) groups is 2. The number of aliphatic hydroxyl groups is 1. The van der Waals surface area contributed by atoms with Gasteiger partial charge in [0.25, 0.3) is 0 Å². The molecule has 0 radical (unpaired) electrons. The zero-order valence-electron chi connectivity index (χ0n) is 10.5. The highest BCUT2D eigenvalue weighted by molar-refractivity contribution is 8.21. The Morgan fingerprint density at radius 3 is 2.28 bits per heavy atom. The number of rotatable bonds is 2. The first-order valence-electron chi connectivity index (χ1n) is 5.83. The molecule has 2 rings (SSSR count). The molecule has 102 valence electrons. The molecule has 18 heavy (non-hydrogen) atoms. The van der Waals surface area contributed by atoms with Gasteiger partial charge in [0.05, 0.1) is 0 Å². The van der Waals surface area contributed by atoms with Crippen molar-refractivity contribution in [2.24, 2.45) is 11.3 Å². The fourth-order valence-corrected chi connectivity index (χ4v) is 4.68. The van der Waals surface area contributed by atoms with E-state index >= 15 is 0 Å². The van der Waals surface area contributed by atoms with Crippen LogP contribution in [0.3, 0.4) is 0 Å². The van der Waals surface area contributed by atoms with Crippen LogP contribution in [0, 0.1) is 11.3 Å². The minimum absolute atomic E-state index is 0.193. The lowest BCUT2D eigenvalue weighted by atomic mass is 9.74. The van der Waals surface area contributed by atoms with E-state index in [9.17, 15) is 14.7 Å². The van der Waals surface area contributed by atoms with Crippen LogP contribution in [0.5, 0.6) is 0 Å². The molecule has 2 aliphatic rings.